The van der Waals surface area contributed by atoms with E-state index in [1.807, 2.05) is 0 Å². The lowest BCUT2D eigenvalue weighted by atomic mass is 9.87. The molecule has 32 heavy (non-hydrogen) atoms. The summed E-state index contributed by atoms with van der Waals surface area (Å²) in [5.41, 5.74) is 6.32. The Bertz CT molecular complexity index is 969. The van der Waals surface area contributed by atoms with Gasteiger partial charge >= 0.3 is 0 Å². The van der Waals surface area contributed by atoms with Crippen LogP contribution in [-0.2, 0) is 17.0 Å². The molecule has 0 radical (unpaired) electrons. The standard InChI is InChI=1S/C30H42P2/c1-21-22(2)24(4)31(23(21)3)19-20-32(27-15-11-25(12-16-27)29(5,6)7)28-17-13-26(14-18-28)30(8,9)10/h11-18H,19-20H2,1-10H3. The first kappa shape index (κ1) is 25.3. The molecule has 0 spiro atoms. The summed E-state index contributed by atoms with van der Waals surface area (Å²) in [5.74, 6) is 0. The third-order valence-electron chi connectivity index (χ3n) is 7.09. The second-order valence-corrected chi connectivity index (χ2v) is 16.3. The molecule has 3 aromatic rings. The molecule has 0 amide bonds. The Morgan fingerprint density at radius 3 is 1.25 bits per heavy atom. The van der Waals surface area contributed by atoms with Gasteiger partial charge in [-0.2, -0.15) is 0 Å². The average molecular weight is 465 g/mol. The van der Waals surface area contributed by atoms with Gasteiger partial charge in [-0.15, -0.1) is 7.53 Å². The van der Waals surface area contributed by atoms with E-state index in [-0.39, 0.29) is 26.3 Å². The zero-order valence-corrected chi connectivity index (χ0v) is 23.7. The van der Waals surface area contributed by atoms with Crippen molar-refractivity contribution in [2.45, 2.75) is 86.2 Å². The Labute approximate surface area is 199 Å². The van der Waals surface area contributed by atoms with Gasteiger partial charge in [-0.1, -0.05) is 90.1 Å². The fourth-order valence-electron chi connectivity index (χ4n) is 4.42. The molecule has 0 fully saturated rings. The Morgan fingerprint density at radius 2 is 0.938 bits per heavy atom. The zero-order valence-electron chi connectivity index (χ0n) is 21.9. The molecule has 0 saturated carbocycles. The van der Waals surface area contributed by atoms with E-state index in [0.29, 0.717) is 0 Å². The van der Waals surface area contributed by atoms with Crippen LogP contribution in [0.15, 0.2) is 48.5 Å². The maximum atomic E-state index is 2.41. The van der Waals surface area contributed by atoms with Gasteiger partial charge in [0.2, 0.25) is 0 Å². The molecule has 172 valence electrons. The van der Waals surface area contributed by atoms with Crippen molar-refractivity contribution in [3.63, 3.8) is 0 Å². The molecular formula is C30H42P2. The van der Waals surface area contributed by atoms with E-state index in [2.05, 4.69) is 118 Å². The molecular weight excluding hydrogens is 422 g/mol. The summed E-state index contributed by atoms with van der Waals surface area (Å²) in [5, 5.41) is 6.33. The summed E-state index contributed by atoms with van der Waals surface area (Å²) in [6.07, 6.45) is 2.56. The van der Waals surface area contributed by atoms with E-state index in [1.165, 1.54) is 34.1 Å². The molecule has 0 atom stereocenters. The minimum absolute atomic E-state index is 0.134. The second-order valence-electron chi connectivity index (χ2n) is 11.3. The average Bonchev–Trinajstić information content (AvgIpc) is 2.91. The monoisotopic (exact) mass is 464 g/mol. The Kier molecular flexibility index (Phi) is 7.49. The van der Waals surface area contributed by atoms with E-state index < -0.39 is 0 Å². The Morgan fingerprint density at radius 1 is 0.594 bits per heavy atom. The van der Waals surface area contributed by atoms with E-state index in [9.17, 15) is 0 Å². The number of rotatable bonds is 5. The predicted molar refractivity (Wildman–Crippen MR) is 149 cm³/mol. The molecule has 2 heteroatoms. The molecule has 0 bridgehead atoms. The van der Waals surface area contributed by atoms with Gasteiger partial charge in [-0.3, -0.25) is 0 Å². The van der Waals surface area contributed by atoms with Crippen molar-refractivity contribution < 1.29 is 0 Å². The predicted octanol–water partition coefficient (Wildman–Crippen LogP) is 8.63. The summed E-state index contributed by atoms with van der Waals surface area (Å²) >= 11 is 0. The maximum Gasteiger partial charge on any atom is -0.00905 e. The summed E-state index contributed by atoms with van der Waals surface area (Å²) in [6.45, 7) is 23.2. The van der Waals surface area contributed by atoms with Crippen LogP contribution in [0.25, 0.3) is 0 Å². The summed E-state index contributed by atoms with van der Waals surface area (Å²) < 4.78 is 0. The summed E-state index contributed by atoms with van der Waals surface area (Å²) in [7, 11) is -0.493. The highest BCUT2D eigenvalue weighted by Gasteiger charge is 2.20. The van der Waals surface area contributed by atoms with Crippen molar-refractivity contribution in [1.29, 1.82) is 0 Å². The fourth-order valence-corrected chi connectivity index (χ4v) is 10.2. The van der Waals surface area contributed by atoms with Crippen molar-refractivity contribution in [2.75, 3.05) is 6.16 Å². The number of hydrogen-bond acceptors (Lipinski definition) is 0. The molecule has 1 aromatic heterocycles. The lowest BCUT2D eigenvalue weighted by molar-refractivity contribution is 0.590. The van der Waals surface area contributed by atoms with Gasteiger partial charge in [0.05, 0.1) is 0 Å². The Hall–Kier alpha value is -1.35. The molecule has 3 rings (SSSR count). The first-order valence-corrected chi connectivity index (χ1v) is 15.0. The molecule has 0 aliphatic rings. The van der Waals surface area contributed by atoms with Crippen LogP contribution in [-0.4, -0.2) is 6.16 Å². The lowest BCUT2D eigenvalue weighted by Crippen LogP contribution is -2.18. The van der Waals surface area contributed by atoms with E-state index in [1.54, 1.807) is 21.7 Å². The molecule has 0 N–H and O–H groups in total. The van der Waals surface area contributed by atoms with E-state index in [0.717, 1.165) is 0 Å². The Balaban J connectivity index is 1.97. The van der Waals surface area contributed by atoms with Gasteiger partial charge < -0.3 is 0 Å². The van der Waals surface area contributed by atoms with Crippen LogP contribution in [0.5, 0.6) is 0 Å². The van der Waals surface area contributed by atoms with Gasteiger partial charge in [0.15, 0.2) is 0 Å². The quantitative estimate of drug-likeness (QED) is 0.332. The van der Waals surface area contributed by atoms with E-state index in [4.69, 9.17) is 0 Å². The van der Waals surface area contributed by atoms with Crippen molar-refractivity contribution in [3.8, 4) is 0 Å². The van der Waals surface area contributed by atoms with Crippen LogP contribution in [0, 0.1) is 27.7 Å². The molecule has 1 heterocycles. The first-order chi connectivity index (χ1) is 14.8. The largest absolute Gasteiger partial charge is 0.118 e. The van der Waals surface area contributed by atoms with E-state index >= 15 is 0 Å². The SMILES string of the molecule is Cc1c(C)c(C)p(CCP(c2ccc(C(C)(C)C)cc2)c2ccc(C(C)(C)C)cc2)c1C. The van der Waals surface area contributed by atoms with Gasteiger partial charge in [-0.25, -0.2) is 0 Å². The highest BCUT2D eigenvalue weighted by atomic mass is 31.1. The maximum absolute atomic E-state index is 2.41. The topological polar surface area (TPSA) is 0 Å². The second kappa shape index (κ2) is 9.49. The smallest absolute Gasteiger partial charge is 0.00905 e. The third-order valence-corrected chi connectivity index (χ3v) is 12.9. The lowest BCUT2D eigenvalue weighted by Gasteiger charge is -2.24. The zero-order chi connectivity index (χ0) is 23.8. The fraction of sp³-hybridized carbons (Fsp3) is 0.467. The third kappa shape index (κ3) is 5.41. The van der Waals surface area contributed by atoms with Crippen LogP contribution in [0.1, 0.15) is 74.4 Å². The van der Waals surface area contributed by atoms with Crippen LogP contribution in [0.4, 0.5) is 0 Å². The van der Waals surface area contributed by atoms with Crippen molar-refractivity contribution >= 4 is 26.1 Å². The number of benzene rings is 2. The van der Waals surface area contributed by atoms with Crippen LogP contribution >= 0.6 is 15.5 Å². The van der Waals surface area contributed by atoms with Crippen LogP contribution < -0.4 is 10.6 Å². The normalized spacial score (nSPS) is 12.6. The minimum Gasteiger partial charge on any atom is -0.118 e. The highest BCUT2D eigenvalue weighted by molar-refractivity contribution is 7.73. The molecule has 0 unspecified atom stereocenters. The van der Waals surface area contributed by atoms with Gasteiger partial charge in [0.1, 0.15) is 0 Å². The van der Waals surface area contributed by atoms with Gasteiger partial charge in [0.25, 0.3) is 0 Å². The molecule has 0 saturated heterocycles. The van der Waals surface area contributed by atoms with Crippen molar-refractivity contribution in [3.05, 3.63) is 81.4 Å². The summed E-state index contributed by atoms with van der Waals surface area (Å²) in [4.78, 5) is 0. The summed E-state index contributed by atoms with van der Waals surface area (Å²) in [6, 6.07) is 19.1. The van der Waals surface area contributed by atoms with Gasteiger partial charge in [0, 0.05) is 0 Å². The van der Waals surface area contributed by atoms with Crippen molar-refractivity contribution in [2.24, 2.45) is 0 Å². The van der Waals surface area contributed by atoms with Crippen LogP contribution in [0.2, 0.25) is 0 Å². The molecule has 0 aliphatic carbocycles. The highest BCUT2D eigenvalue weighted by Crippen LogP contribution is 2.48. The molecule has 0 nitrogen and oxygen atoms in total. The van der Waals surface area contributed by atoms with Gasteiger partial charge in [-0.05, 0) is 102 Å². The number of hydrogen-bond donors (Lipinski definition) is 0. The van der Waals surface area contributed by atoms with Crippen molar-refractivity contribution in [1.82, 2.24) is 0 Å². The first-order valence-electron chi connectivity index (χ1n) is 11.9. The van der Waals surface area contributed by atoms with Crippen LogP contribution in [0.3, 0.4) is 0 Å². The molecule has 0 aliphatic heterocycles. The molecule has 2 aromatic carbocycles. The minimum atomic E-state index is -0.359.